The lowest BCUT2D eigenvalue weighted by molar-refractivity contribution is -0.176. The lowest BCUT2D eigenvalue weighted by Gasteiger charge is -2.15. The van der Waals surface area contributed by atoms with Gasteiger partial charge in [0.2, 0.25) is 6.17 Å². The predicted molar refractivity (Wildman–Crippen MR) is 39.0 cm³/mol. The van der Waals surface area contributed by atoms with Gasteiger partial charge in [-0.25, -0.2) is 4.39 Å². The summed E-state index contributed by atoms with van der Waals surface area (Å²) in [4.78, 5) is 0. The number of hydrogen-bond acceptors (Lipinski definition) is 1. The standard InChI is InChI=1S/C4H2Cl2F4S/c5-1(3(6)11)2(7)4(8,9)10/h1-2H. The number of alkyl halides is 5. The van der Waals surface area contributed by atoms with Gasteiger partial charge in [-0.1, -0.05) is 23.8 Å². The first kappa shape index (κ1) is 11.4. The van der Waals surface area contributed by atoms with E-state index in [1.54, 1.807) is 0 Å². The highest BCUT2D eigenvalue weighted by atomic mass is 35.5. The number of halogens is 6. The summed E-state index contributed by atoms with van der Waals surface area (Å²) in [6.45, 7) is 0. The maximum atomic E-state index is 12.1. The van der Waals surface area contributed by atoms with Gasteiger partial charge in [0.25, 0.3) is 0 Å². The van der Waals surface area contributed by atoms with Crippen molar-refractivity contribution in [3.63, 3.8) is 0 Å². The molecule has 0 N–H and O–H groups in total. The molecule has 0 aliphatic carbocycles. The van der Waals surface area contributed by atoms with Crippen LogP contribution < -0.4 is 0 Å². The lowest BCUT2D eigenvalue weighted by Crippen LogP contribution is -2.35. The average molecular weight is 229 g/mol. The Balaban J connectivity index is 4.25. The average Bonchev–Trinajstić information content (AvgIpc) is 1.82. The van der Waals surface area contributed by atoms with Crippen LogP contribution in [0.3, 0.4) is 0 Å². The van der Waals surface area contributed by atoms with E-state index < -0.39 is 22.0 Å². The zero-order valence-corrected chi connectivity index (χ0v) is 7.16. The molecule has 0 rings (SSSR count). The summed E-state index contributed by atoms with van der Waals surface area (Å²) >= 11 is 13.8. The van der Waals surface area contributed by atoms with E-state index in [0.29, 0.717) is 0 Å². The molecule has 2 unspecified atom stereocenters. The first-order chi connectivity index (χ1) is 4.76. The molecular weight excluding hydrogens is 227 g/mol. The van der Waals surface area contributed by atoms with Crippen LogP contribution in [0.2, 0.25) is 0 Å². The predicted octanol–water partition coefficient (Wildman–Crippen LogP) is 3.06. The summed E-state index contributed by atoms with van der Waals surface area (Å²) in [7, 11) is 0. The third-order valence-corrected chi connectivity index (χ3v) is 1.96. The van der Waals surface area contributed by atoms with Crippen molar-refractivity contribution in [3.8, 4) is 0 Å². The fourth-order valence-electron chi connectivity index (χ4n) is 0.281. The maximum Gasteiger partial charge on any atom is 0.421 e. The van der Waals surface area contributed by atoms with E-state index in [-0.39, 0.29) is 0 Å². The van der Waals surface area contributed by atoms with E-state index in [0.717, 1.165) is 0 Å². The van der Waals surface area contributed by atoms with Crippen molar-refractivity contribution < 1.29 is 17.6 Å². The molecule has 0 aliphatic heterocycles. The largest absolute Gasteiger partial charge is 0.421 e. The maximum absolute atomic E-state index is 12.1. The van der Waals surface area contributed by atoms with E-state index in [2.05, 4.69) is 12.2 Å². The van der Waals surface area contributed by atoms with Gasteiger partial charge in [0.05, 0.1) is 0 Å². The van der Waals surface area contributed by atoms with Crippen molar-refractivity contribution in [1.82, 2.24) is 0 Å². The van der Waals surface area contributed by atoms with Gasteiger partial charge in [0.1, 0.15) is 9.70 Å². The van der Waals surface area contributed by atoms with Crippen molar-refractivity contribution in [2.24, 2.45) is 0 Å². The molecule has 11 heavy (non-hydrogen) atoms. The molecule has 0 radical (unpaired) electrons. The first-order valence-corrected chi connectivity index (χ1v) is 3.53. The Hall–Kier alpha value is 0.390. The third-order valence-electron chi connectivity index (χ3n) is 0.786. The Morgan fingerprint density at radius 1 is 1.36 bits per heavy atom. The van der Waals surface area contributed by atoms with Gasteiger partial charge in [0, 0.05) is 0 Å². The van der Waals surface area contributed by atoms with Crippen molar-refractivity contribution in [2.45, 2.75) is 17.7 Å². The summed E-state index contributed by atoms with van der Waals surface area (Å²) in [5.41, 5.74) is 0. The van der Waals surface area contributed by atoms with Gasteiger partial charge in [0.15, 0.2) is 0 Å². The Labute approximate surface area is 75.5 Å². The topological polar surface area (TPSA) is 0 Å². The lowest BCUT2D eigenvalue weighted by atomic mass is 10.3. The molecule has 0 saturated heterocycles. The molecule has 0 fully saturated rings. The molecule has 2 atom stereocenters. The van der Waals surface area contributed by atoms with Crippen LogP contribution in [-0.4, -0.2) is 22.0 Å². The molecule has 0 aromatic carbocycles. The van der Waals surface area contributed by atoms with Crippen LogP contribution in [0.4, 0.5) is 17.6 Å². The van der Waals surface area contributed by atoms with Crippen LogP contribution in [0, 0.1) is 0 Å². The molecule has 0 heterocycles. The van der Waals surface area contributed by atoms with Gasteiger partial charge in [-0.3, -0.25) is 0 Å². The smallest absolute Gasteiger partial charge is 0.235 e. The van der Waals surface area contributed by atoms with E-state index >= 15 is 0 Å². The van der Waals surface area contributed by atoms with E-state index in [4.69, 9.17) is 23.2 Å². The molecule has 0 nitrogen and oxygen atoms in total. The van der Waals surface area contributed by atoms with Gasteiger partial charge in [-0.15, -0.1) is 11.6 Å². The summed E-state index contributed by atoms with van der Waals surface area (Å²) in [5.74, 6) is 0. The van der Waals surface area contributed by atoms with E-state index in [1.807, 2.05) is 0 Å². The third kappa shape index (κ3) is 3.53. The van der Waals surface area contributed by atoms with Gasteiger partial charge < -0.3 is 0 Å². The zero-order chi connectivity index (χ0) is 9.23. The van der Waals surface area contributed by atoms with Gasteiger partial charge in [-0.05, 0) is 0 Å². The molecule has 0 spiro atoms. The quantitative estimate of drug-likeness (QED) is 0.303. The molecular formula is C4H2Cl2F4S. The minimum absolute atomic E-state index is 0.725. The van der Waals surface area contributed by atoms with E-state index in [9.17, 15) is 17.6 Å². The number of thiocarbonyl (C=S) groups is 1. The Morgan fingerprint density at radius 3 is 1.82 bits per heavy atom. The second-order valence-electron chi connectivity index (χ2n) is 1.65. The minimum atomic E-state index is -5.01. The molecule has 0 amide bonds. The Kier molecular flexibility index (Phi) is 4.00. The van der Waals surface area contributed by atoms with Crippen LogP contribution in [0.15, 0.2) is 0 Å². The van der Waals surface area contributed by atoms with Crippen molar-refractivity contribution in [2.75, 3.05) is 0 Å². The molecule has 66 valence electrons. The number of rotatable bonds is 2. The highest BCUT2D eigenvalue weighted by molar-refractivity contribution is 7.83. The Bertz CT molecular complexity index is 157. The van der Waals surface area contributed by atoms with Crippen molar-refractivity contribution >= 4 is 39.7 Å². The second-order valence-corrected chi connectivity index (χ2v) is 3.19. The minimum Gasteiger partial charge on any atom is -0.235 e. The SMILES string of the molecule is FC(C(Cl)C(=S)Cl)C(F)(F)F. The van der Waals surface area contributed by atoms with Crippen LogP contribution in [0.25, 0.3) is 0 Å². The highest BCUT2D eigenvalue weighted by Gasteiger charge is 2.46. The molecule has 7 heteroatoms. The van der Waals surface area contributed by atoms with Crippen LogP contribution >= 0.6 is 35.4 Å². The molecule has 0 aromatic heterocycles. The van der Waals surface area contributed by atoms with Gasteiger partial charge in [-0.2, -0.15) is 13.2 Å². The highest BCUT2D eigenvalue weighted by Crippen LogP contribution is 2.29. The van der Waals surface area contributed by atoms with Crippen molar-refractivity contribution in [3.05, 3.63) is 0 Å². The van der Waals surface area contributed by atoms with Crippen molar-refractivity contribution in [1.29, 1.82) is 0 Å². The van der Waals surface area contributed by atoms with Crippen LogP contribution in [-0.2, 0) is 0 Å². The second kappa shape index (κ2) is 3.87. The molecule has 0 saturated carbocycles. The Morgan fingerprint density at radius 2 is 1.73 bits per heavy atom. The molecule has 0 aromatic rings. The fourth-order valence-corrected chi connectivity index (χ4v) is 0.654. The summed E-state index contributed by atoms with van der Waals surface area (Å²) in [6.07, 6.45) is -8.21. The summed E-state index contributed by atoms with van der Waals surface area (Å²) < 4.78 is 45.8. The van der Waals surface area contributed by atoms with Gasteiger partial charge >= 0.3 is 6.18 Å². The molecule has 0 bridgehead atoms. The molecule has 0 aliphatic rings. The zero-order valence-electron chi connectivity index (χ0n) is 4.83. The summed E-state index contributed by atoms with van der Waals surface area (Å²) in [5, 5.41) is -1.99. The van der Waals surface area contributed by atoms with Crippen LogP contribution in [0.1, 0.15) is 0 Å². The fraction of sp³-hybridized carbons (Fsp3) is 0.750. The van der Waals surface area contributed by atoms with E-state index in [1.165, 1.54) is 0 Å². The summed E-state index contributed by atoms with van der Waals surface area (Å²) in [6, 6.07) is 0. The number of hydrogen-bond donors (Lipinski definition) is 0. The monoisotopic (exact) mass is 228 g/mol. The first-order valence-electron chi connectivity index (χ1n) is 2.31. The normalized spacial score (nSPS) is 17.6. The van der Waals surface area contributed by atoms with Crippen LogP contribution in [0.5, 0.6) is 0 Å².